The molecule has 0 saturated heterocycles. The Morgan fingerprint density at radius 1 is 1.47 bits per heavy atom. The number of hydrogen-bond acceptors (Lipinski definition) is 4. The number of carbonyl (C=O) groups excluding carboxylic acids is 1. The van der Waals surface area contributed by atoms with Gasteiger partial charge in [0.25, 0.3) is 0 Å². The van der Waals surface area contributed by atoms with E-state index in [4.69, 9.17) is 14.2 Å². The minimum absolute atomic E-state index is 0. The number of benzene rings is 1. The van der Waals surface area contributed by atoms with Crippen molar-refractivity contribution in [3.63, 3.8) is 0 Å². The SMILES string of the molecule is COc1c(C(=O)N(C)C)[c-]cc2c1OCO2.[Li+]. The van der Waals surface area contributed by atoms with E-state index < -0.39 is 0 Å². The molecule has 1 amide bonds. The Morgan fingerprint density at radius 2 is 2.18 bits per heavy atom. The van der Waals surface area contributed by atoms with E-state index in [1.54, 1.807) is 20.2 Å². The quantitative estimate of drug-likeness (QED) is 0.432. The van der Waals surface area contributed by atoms with Crippen LogP contribution in [0.5, 0.6) is 17.2 Å². The standard InChI is InChI=1S/C11H12NO4.Li/c1-12(2)11(13)7-4-5-8-10(9(7)14-3)16-6-15-8;/h5H,6H2,1-3H3;/q-1;+1. The summed E-state index contributed by atoms with van der Waals surface area (Å²) in [5.41, 5.74) is 0.344. The number of fused-ring (bicyclic) bond motifs is 1. The number of carbonyl (C=O) groups is 1. The number of rotatable bonds is 2. The van der Waals surface area contributed by atoms with Crippen LogP contribution >= 0.6 is 0 Å². The molecule has 17 heavy (non-hydrogen) atoms. The first kappa shape index (κ1) is 13.8. The number of nitrogens with zero attached hydrogens (tertiary/aromatic N) is 1. The van der Waals surface area contributed by atoms with Gasteiger partial charge in [-0.1, -0.05) is 0 Å². The molecule has 0 radical (unpaired) electrons. The molecule has 1 aliphatic heterocycles. The van der Waals surface area contributed by atoms with Gasteiger partial charge in [-0.25, -0.2) is 0 Å². The molecule has 0 bridgehead atoms. The van der Waals surface area contributed by atoms with Crippen molar-refractivity contribution in [2.75, 3.05) is 28.0 Å². The number of hydrogen-bond donors (Lipinski definition) is 0. The molecule has 0 aliphatic carbocycles. The number of ether oxygens (including phenoxy) is 3. The van der Waals surface area contributed by atoms with Crippen molar-refractivity contribution in [3.8, 4) is 17.2 Å². The van der Waals surface area contributed by atoms with Gasteiger partial charge in [0.2, 0.25) is 6.79 Å². The summed E-state index contributed by atoms with van der Waals surface area (Å²) in [6, 6.07) is 4.43. The predicted molar refractivity (Wildman–Crippen MR) is 56.0 cm³/mol. The summed E-state index contributed by atoms with van der Waals surface area (Å²) >= 11 is 0. The van der Waals surface area contributed by atoms with Gasteiger partial charge in [-0.05, 0) is 19.7 Å². The Bertz CT molecular complexity index is 434. The van der Waals surface area contributed by atoms with Gasteiger partial charge in [-0.15, -0.1) is 12.1 Å². The van der Waals surface area contributed by atoms with Gasteiger partial charge in [0.05, 0.1) is 18.6 Å². The molecule has 86 valence electrons. The Labute approximate surface area is 112 Å². The van der Waals surface area contributed by atoms with Crippen molar-refractivity contribution in [2.45, 2.75) is 0 Å². The Balaban J connectivity index is 0.00000144. The molecule has 5 nitrogen and oxygen atoms in total. The van der Waals surface area contributed by atoms with E-state index in [0.717, 1.165) is 0 Å². The molecule has 0 aromatic heterocycles. The van der Waals surface area contributed by atoms with Crippen LogP contribution < -0.4 is 33.1 Å². The molecule has 6 heteroatoms. The van der Waals surface area contributed by atoms with Crippen LogP contribution in [0.2, 0.25) is 0 Å². The largest absolute Gasteiger partial charge is 1.00 e. The molecule has 1 aromatic rings. The van der Waals surface area contributed by atoms with Crippen LogP contribution in [-0.4, -0.2) is 38.8 Å². The molecule has 0 atom stereocenters. The molecular weight excluding hydrogens is 217 g/mol. The van der Waals surface area contributed by atoms with Crippen molar-refractivity contribution < 1.29 is 37.9 Å². The van der Waals surface area contributed by atoms with Gasteiger partial charge in [-0.3, -0.25) is 0 Å². The van der Waals surface area contributed by atoms with E-state index in [0.29, 0.717) is 22.8 Å². The topological polar surface area (TPSA) is 48.0 Å². The summed E-state index contributed by atoms with van der Waals surface area (Å²) in [7, 11) is 4.82. The van der Waals surface area contributed by atoms with Crippen LogP contribution in [0.1, 0.15) is 10.4 Å². The second-order valence-corrected chi connectivity index (χ2v) is 3.50. The first-order chi connectivity index (χ1) is 7.65. The summed E-state index contributed by atoms with van der Waals surface area (Å²) in [5, 5.41) is 0. The Hall–Kier alpha value is -1.31. The summed E-state index contributed by atoms with van der Waals surface area (Å²) < 4.78 is 15.6. The maximum absolute atomic E-state index is 11.8. The smallest absolute Gasteiger partial charge is 0.536 e. The van der Waals surface area contributed by atoms with Gasteiger partial charge in [0, 0.05) is 0 Å². The van der Waals surface area contributed by atoms with Gasteiger partial charge in [0.15, 0.2) is 5.91 Å². The van der Waals surface area contributed by atoms with Crippen molar-refractivity contribution in [1.82, 2.24) is 4.90 Å². The minimum Gasteiger partial charge on any atom is -0.536 e. The second-order valence-electron chi connectivity index (χ2n) is 3.50. The monoisotopic (exact) mass is 229 g/mol. The first-order valence-corrected chi connectivity index (χ1v) is 4.75. The molecule has 0 unspecified atom stereocenters. The molecular formula is C11H12LiNO4. The summed E-state index contributed by atoms with van der Waals surface area (Å²) in [4.78, 5) is 13.3. The molecule has 0 spiro atoms. The van der Waals surface area contributed by atoms with E-state index in [1.165, 1.54) is 12.0 Å². The fraction of sp³-hybridized carbons (Fsp3) is 0.364. The number of methoxy groups -OCH3 is 1. The zero-order chi connectivity index (χ0) is 11.7. The molecule has 1 aliphatic rings. The van der Waals surface area contributed by atoms with Crippen LogP contribution in [0.15, 0.2) is 6.07 Å². The first-order valence-electron chi connectivity index (χ1n) is 4.75. The molecule has 0 fully saturated rings. The predicted octanol–water partition coefficient (Wildman–Crippen LogP) is -2.07. The summed E-state index contributed by atoms with van der Waals surface area (Å²) in [6.45, 7) is 0.138. The zero-order valence-electron chi connectivity index (χ0n) is 10.4. The third kappa shape index (κ3) is 2.35. The second kappa shape index (κ2) is 5.35. The molecule has 1 heterocycles. The normalized spacial score (nSPS) is 11.7. The molecule has 0 N–H and O–H groups in total. The van der Waals surface area contributed by atoms with Gasteiger partial charge in [-0.2, -0.15) is 0 Å². The molecule has 2 rings (SSSR count). The van der Waals surface area contributed by atoms with E-state index >= 15 is 0 Å². The van der Waals surface area contributed by atoms with Crippen molar-refractivity contribution in [3.05, 3.63) is 17.7 Å². The third-order valence-electron chi connectivity index (χ3n) is 2.25. The van der Waals surface area contributed by atoms with Crippen molar-refractivity contribution in [1.29, 1.82) is 0 Å². The van der Waals surface area contributed by atoms with Gasteiger partial charge < -0.3 is 23.9 Å². The van der Waals surface area contributed by atoms with E-state index in [9.17, 15) is 4.79 Å². The molecule has 1 aromatic carbocycles. The van der Waals surface area contributed by atoms with Crippen LogP contribution in [0.4, 0.5) is 0 Å². The van der Waals surface area contributed by atoms with E-state index in [1.807, 2.05) is 0 Å². The van der Waals surface area contributed by atoms with Crippen molar-refractivity contribution in [2.24, 2.45) is 0 Å². The zero-order valence-corrected chi connectivity index (χ0v) is 10.4. The minimum atomic E-state index is -0.185. The number of amides is 1. The van der Waals surface area contributed by atoms with Crippen molar-refractivity contribution >= 4 is 5.91 Å². The van der Waals surface area contributed by atoms with E-state index in [-0.39, 0.29) is 31.6 Å². The maximum atomic E-state index is 11.8. The maximum Gasteiger partial charge on any atom is 1.00 e. The Morgan fingerprint density at radius 3 is 2.76 bits per heavy atom. The van der Waals surface area contributed by atoms with Crippen LogP contribution in [0.25, 0.3) is 0 Å². The molecule has 0 saturated carbocycles. The third-order valence-corrected chi connectivity index (χ3v) is 2.25. The Kier molecular flexibility index (Phi) is 4.32. The average molecular weight is 229 g/mol. The summed E-state index contributed by atoms with van der Waals surface area (Å²) in [6.07, 6.45) is 0. The average Bonchev–Trinajstić information content (AvgIpc) is 2.74. The van der Waals surface area contributed by atoms with Crippen LogP contribution in [-0.2, 0) is 0 Å². The van der Waals surface area contributed by atoms with Gasteiger partial charge >= 0.3 is 18.9 Å². The fourth-order valence-corrected chi connectivity index (χ4v) is 1.47. The summed E-state index contributed by atoms with van der Waals surface area (Å²) in [5.74, 6) is 1.20. The van der Waals surface area contributed by atoms with Crippen LogP contribution in [0.3, 0.4) is 0 Å². The van der Waals surface area contributed by atoms with Crippen LogP contribution in [0, 0.1) is 6.07 Å². The fourth-order valence-electron chi connectivity index (χ4n) is 1.47. The van der Waals surface area contributed by atoms with E-state index in [2.05, 4.69) is 6.07 Å². The van der Waals surface area contributed by atoms with Gasteiger partial charge in [0.1, 0.15) is 5.75 Å².